The first-order chi connectivity index (χ1) is 7.99. The van der Waals surface area contributed by atoms with Gasteiger partial charge in [0.15, 0.2) is 5.78 Å². The molecule has 0 saturated carbocycles. The Morgan fingerprint density at radius 3 is 2.59 bits per heavy atom. The summed E-state index contributed by atoms with van der Waals surface area (Å²) < 4.78 is 0. The first kappa shape index (κ1) is 11.6. The Kier molecular flexibility index (Phi) is 2.85. The lowest BCUT2D eigenvalue weighted by Gasteiger charge is -2.15. The van der Waals surface area contributed by atoms with Gasteiger partial charge in [0.1, 0.15) is 0 Å². The van der Waals surface area contributed by atoms with Crippen LogP contribution in [-0.4, -0.2) is 29.3 Å². The molecular formula is C11H8ClNO4. The fourth-order valence-corrected chi connectivity index (χ4v) is 1.86. The molecule has 0 unspecified atom stereocenters. The summed E-state index contributed by atoms with van der Waals surface area (Å²) >= 11 is 5.71. The average Bonchev–Trinajstić information content (AvgIpc) is 2.58. The van der Waals surface area contributed by atoms with E-state index in [-0.39, 0.29) is 35.2 Å². The van der Waals surface area contributed by atoms with Crippen molar-refractivity contribution in [2.75, 3.05) is 11.4 Å². The quantitative estimate of drug-likeness (QED) is 0.807. The second kappa shape index (κ2) is 4.18. The largest absolute Gasteiger partial charge is 0.478 e. The van der Waals surface area contributed by atoms with Gasteiger partial charge < -0.3 is 10.0 Å². The number of rotatable bonds is 2. The Balaban J connectivity index is 2.40. The Bertz CT molecular complexity index is 526. The van der Waals surface area contributed by atoms with Crippen LogP contribution in [0.3, 0.4) is 0 Å². The molecule has 0 aromatic heterocycles. The predicted octanol–water partition coefficient (Wildman–Crippen LogP) is 1.34. The molecule has 1 saturated heterocycles. The van der Waals surface area contributed by atoms with E-state index in [1.807, 2.05) is 0 Å². The number of carbonyl (C=O) groups is 3. The first-order valence-electron chi connectivity index (χ1n) is 4.84. The molecule has 0 bridgehead atoms. The average molecular weight is 254 g/mol. The van der Waals surface area contributed by atoms with Crippen molar-refractivity contribution < 1.29 is 19.5 Å². The summed E-state index contributed by atoms with van der Waals surface area (Å²) in [5.41, 5.74) is 0.291. The zero-order valence-corrected chi connectivity index (χ0v) is 9.40. The predicted molar refractivity (Wildman–Crippen MR) is 60.4 cm³/mol. The summed E-state index contributed by atoms with van der Waals surface area (Å²) in [4.78, 5) is 34.7. The van der Waals surface area contributed by atoms with Crippen molar-refractivity contribution in [2.24, 2.45) is 0 Å². The van der Waals surface area contributed by atoms with Crippen LogP contribution >= 0.6 is 11.6 Å². The second-order valence-corrected chi connectivity index (χ2v) is 4.07. The summed E-state index contributed by atoms with van der Waals surface area (Å²) in [5, 5.41) is 8.99. The van der Waals surface area contributed by atoms with Crippen LogP contribution in [-0.2, 0) is 9.59 Å². The fourth-order valence-electron chi connectivity index (χ4n) is 1.66. The lowest BCUT2D eigenvalue weighted by Crippen LogP contribution is -2.24. The van der Waals surface area contributed by atoms with Gasteiger partial charge in [-0.05, 0) is 18.2 Å². The number of amides is 1. The van der Waals surface area contributed by atoms with Crippen LogP contribution in [0.25, 0.3) is 0 Å². The molecule has 1 aliphatic rings. The van der Waals surface area contributed by atoms with E-state index >= 15 is 0 Å². The zero-order valence-electron chi connectivity index (χ0n) is 8.64. The number of hydrogen-bond donors (Lipinski definition) is 1. The van der Waals surface area contributed by atoms with Gasteiger partial charge in [-0.15, -0.1) is 0 Å². The van der Waals surface area contributed by atoms with Crippen molar-refractivity contribution in [1.82, 2.24) is 0 Å². The fraction of sp³-hybridized carbons (Fsp3) is 0.182. The van der Waals surface area contributed by atoms with E-state index in [1.54, 1.807) is 0 Å². The van der Waals surface area contributed by atoms with Crippen LogP contribution < -0.4 is 4.90 Å². The Hall–Kier alpha value is -1.88. The molecular weight excluding hydrogens is 246 g/mol. The molecule has 0 atom stereocenters. The third-order valence-corrected chi connectivity index (χ3v) is 2.81. The number of anilines is 1. The number of benzene rings is 1. The smallest absolute Gasteiger partial charge is 0.337 e. The van der Waals surface area contributed by atoms with Crippen molar-refractivity contribution in [3.05, 3.63) is 28.8 Å². The maximum absolute atomic E-state index is 11.5. The summed E-state index contributed by atoms with van der Waals surface area (Å²) in [5.74, 6) is -1.68. The highest BCUT2D eigenvalue weighted by atomic mass is 35.5. The van der Waals surface area contributed by atoms with E-state index in [0.29, 0.717) is 5.69 Å². The Morgan fingerprint density at radius 1 is 1.35 bits per heavy atom. The Morgan fingerprint density at radius 2 is 2.06 bits per heavy atom. The van der Waals surface area contributed by atoms with Crippen molar-refractivity contribution in [2.45, 2.75) is 6.42 Å². The van der Waals surface area contributed by atoms with Crippen LogP contribution in [0.4, 0.5) is 5.69 Å². The van der Waals surface area contributed by atoms with E-state index in [9.17, 15) is 14.4 Å². The van der Waals surface area contributed by atoms with Crippen molar-refractivity contribution in [3.8, 4) is 0 Å². The number of nitrogens with zero attached hydrogens (tertiary/aromatic N) is 1. The molecule has 6 heteroatoms. The summed E-state index contributed by atoms with van der Waals surface area (Å²) in [6, 6.07) is 4.21. The lowest BCUT2D eigenvalue weighted by atomic mass is 10.2. The van der Waals surface area contributed by atoms with E-state index in [1.165, 1.54) is 23.1 Å². The molecule has 0 spiro atoms. The number of aromatic carboxylic acids is 1. The molecule has 1 heterocycles. The minimum absolute atomic E-state index is 0.0144. The second-order valence-electron chi connectivity index (χ2n) is 3.66. The van der Waals surface area contributed by atoms with Gasteiger partial charge in [-0.3, -0.25) is 9.59 Å². The Labute approximate surface area is 102 Å². The standard InChI is InChI=1S/C11H8ClNO4/c12-9-2-1-6(3-8(9)11(16)17)13-5-7(14)4-10(13)15/h1-3H,4-5H2,(H,16,17). The van der Waals surface area contributed by atoms with Gasteiger partial charge in [0, 0.05) is 5.69 Å². The highest BCUT2D eigenvalue weighted by Gasteiger charge is 2.29. The van der Waals surface area contributed by atoms with E-state index < -0.39 is 5.97 Å². The SMILES string of the molecule is O=C1CC(=O)N(c2ccc(Cl)c(C(=O)O)c2)C1. The molecule has 1 aromatic carbocycles. The van der Waals surface area contributed by atoms with Crippen LogP contribution in [0, 0.1) is 0 Å². The van der Waals surface area contributed by atoms with Gasteiger partial charge in [0.2, 0.25) is 5.91 Å². The van der Waals surface area contributed by atoms with Crippen molar-refractivity contribution in [3.63, 3.8) is 0 Å². The van der Waals surface area contributed by atoms with Crippen molar-refractivity contribution >= 4 is 34.9 Å². The highest BCUT2D eigenvalue weighted by molar-refractivity contribution is 6.33. The minimum atomic E-state index is -1.17. The number of halogens is 1. The molecule has 1 amide bonds. The van der Waals surface area contributed by atoms with Gasteiger partial charge >= 0.3 is 5.97 Å². The van der Waals surface area contributed by atoms with E-state index in [4.69, 9.17) is 16.7 Å². The molecule has 1 aliphatic heterocycles. The first-order valence-corrected chi connectivity index (χ1v) is 5.22. The molecule has 5 nitrogen and oxygen atoms in total. The van der Waals surface area contributed by atoms with E-state index in [2.05, 4.69) is 0 Å². The van der Waals surface area contributed by atoms with Gasteiger partial charge in [-0.1, -0.05) is 11.6 Å². The number of carboxylic acid groups (broad SMARTS) is 1. The molecule has 88 valence electrons. The monoisotopic (exact) mass is 253 g/mol. The number of carboxylic acids is 1. The number of ketones is 1. The van der Waals surface area contributed by atoms with Crippen LogP contribution in [0.5, 0.6) is 0 Å². The molecule has 1 fully saturated rings. The minimum Gasteiger partial charge on any atom is -0.478 e. The van der Waals surface area contributed by atoms with Gasteiger partial charge in [0.25, 0.3) is 0 Å². The molecule has 17 heavy (non-hydrogen) atoms. The summed E-state index contributed by atoms with van der Waals surface area (Å²) in [7, 11) is 0. The number of carbonyl (C=O) groups excluding carboxylic acids is 2. The molecule has 2 rings (SSSR count). The molecule has 0 aliphatic carbocycles. The zero-order chi connectivity index (χ0) is 12.6. The van der Waals surface area contributed by atoms with Gasteiger partial charge in [-0.2, -0.15) is 0 Å². The number of Topliss-reactive ketones (excluding diaryl/α,β-unsaturated/α-hetero) is 1. The van der Waals surface area contributed by atoms with Gasteiger partial charge in [-0.25, -0.2) is 4.79 Å². The van der Waals surface area contributed by atoms with Crippen LogP contribution in [0.2, 0.25) is 5.02 Å². The summed E-state index contributed by atoms with van der Waals surface area (Å²) in [6.45, 7) is -0.0144. The third-order valence-electron chi connectivity index (χ3n) is 2.48. The van der Waals surface area contributed by atoms with Crippen LogP contribution in [0.1, 0.15) is 16.8 Å². The highest BCUT2D eigenvalue weighted by Crippen LogP contribution is 2.25. The van der Waals surface area contributed by atoms with Crippen molar-refractivity contribution in [1.29, 1.82) is 0 Å². The van der Waals surface area contributed by atoms with Gasteiger partial charge in [0.05, 0.1) is 23.6 Å². The maximum atomic E-state index is 11.5. The molecule has 1 N–H and O–H groups in total. The molecule has 1 aromatic rings. The summed E-state index contributed by atoms with van der Waals surface area (Å²) in [6.07, 6.45) is -0.134. The number of hydrogen-bond acceptors (Lipinski definition) is 3. The van der Waals surface area contributed by atoms with E-state index in [0.717, 1.165) is 0 Å². The normalized spacial score (nSPS) is 15.5. The lowest BCUT2D eigenvalue weighted by molar-refractivity contribution is -0.121. The third kappa shape index (κ3) is 2.14. The topological polar surface area (TPSA) is 74.7 Å². The van der Waals surface area contributed by atoms with Crippen LogP contribution in [0.15, 0.2) is 18.2 Å². The molecule has 0 radical (unpaired) electrons. The maximum Gasteiger partial charge on any atom is 0.337 e.